The van der Waals surface area contributed by atoms with E-state index in [1.54, 1.807) is 42.5 Å². The molecule has 0 aromatic heterocycles. The summed E-state index contributed by atoms with van der Waals surface area (Å²) in [6.07, 6.45) is 19.4. The SMILES string of the molecule is CC/C=C\C[C@H](O)/C=C/C=C/C=C\C=C/[C@@H](O)[C@H](O)CCCC(=O)O[C@H](COC(=O)CCCCCCCCC(C)C)COP(=O)(O)OC[C@@H](O)COP(=O)(O)O. The van der Waals surface area contributed by atoms with Gasteiger partial charge in [-0.2, -0.15) is 0 Å². The summed E-state index contributed by atoms with van der Waals surface area (Å²) in [6.45, 7) is 3.31. The predicted octanol–water partition coefficient (Wildman–Crippen LogP) is 5.66. The number of hydrogen-bond acceptors (Lipinski definition) is 13. The number of unbranched alkanes of at least 4 members (excludes halogenated alkanes) is 5. The first-order chi connectivity index (χ1) is 26.4. The Morgan fingerprint density at radius 3 is 1.86 bits per heavy atom. The Kier molecular flexibility index (Phi) is 31.3. The number of esters is 2. The largest absolute Gasteiger partial charge is 0.472 e. The molecule has 18 heteroatoms. The Morgan fingerprint density at radius 2 is 1.21 bits per heavy atom. The van der Waals surface area contributed by atoms with E-state index in [9.17, 15) is 44.0 Å². The topological polar surface area (TPSA) is 256 Å². The maximum Gasteiger partial charge on any atom is 0.472 e. The van der Waals surface area contributed by atoms with E-state index in [1.807, 2.05) is 19.1 Å². The number of allylic oxidation sites excluding steroid dienone is 7. The van der Waals surface area contributed by atoms with Gasteiger partial charge in [0.25, 0.3) is 0 Å². The van der Waals surface area contributed by atoms with Crippen LogP contribution in [0.3, 0.4) is 0 Å². The molecule has 0 saturated carbocycles. The molecule has 0 fully saturated rings. The molecule has 1 unspecified atom stereocenters. The van der Waals surface area contributed by atoms with E-state index in [-0.39, 0.29) is 25.7 Å². The number of aliphatic hydroxyl groups is 4. The van der Waals surface area contributed by atoms with Crippen molar-refractivity contribution in [2.24, 2.45) is 5.92 Å². The molecule has 0 saturated heterocycles. The van der Waals surface area contributed by atoms with E-state index in [4.69, 9.17) is 23.8 Å². The average molecular weight is 841 g/mol. The lowest BCUT2D eigenvalue weighted by Gasteiger charge is -2.21. The molecule has 0 heterocycles. The van der Waals surface area contributed by atoms with Crippen molar-refractivity contribution in [3.05, 3.63) is 60.8 Å². The molecule has 0 aliphatic heterocycles. The Labute approximate surface area is 331 Å². The van der Waals surface area contributed by atoms with Gasteiger partial charge in [-0.1, -0.05) is 120 Å². The van der Waals surface area contributed by atoms with Gasteiger partial charge in [0.2, 0.25) is 0 Å². The normalized spacial score (nSPS) is 16.6. The second-order valence-electron chi connectivity index (χ2n) is 13.5. The molecular weight excluding hydrogens is 774 g/mol. The second kappa shape index (κ2) is 32.6. The minimum Gasteiger partial charge on any atom is -0.462 e. The van der Waals surface area contributed by atoms with Gasteiger partial charge >= 0.3 is 27.6 Å². The van der Waals surface area contributed by atoms with Crippen molar-refractivity contribution in [1.82, 2.24) is 0 Å². The third-order valence-corrected chi connectivity index (χ3v) is 9.12. The first-order valence-corrected chi connectivity index (χ1v) is 22.2. The van der Waals surface area contributed by atoms with Gasteiger partial charge in [-0.15, -0.1) is 0 Å². The van der Waals surface area contributed by atoms with Gasteiger partial charge < -0.3 is 44.6 Å². The number of ether oxygens (including phenoxy) is 2. The zero-order chi connectivity index (χ0) is 42.2. The highest BCUT2D eigenvalue weighted by molar-refractivity contribution is 7.47. The monoisotopic (exact) mass is 840 g/mol. The summed E-state index contributed by atoms with van der Waals surface area (Å²) in [5.41, 5.74) is 0. The number of phosphoric ester groups is 2. The third kappa shape index (κ3) is 34.9. The molecule has 0 spiro atoms. The highest BCUT2D eigenvalue weighted by Gasteiger charge is 2.28. The van der Waals surface area contributed by atoms with Crippen LogP contribution in [0.25, 0.3) is 0 Å². The maximum absolute atomic E-state index is 12.6. The molecule has 0 radical (unpaired) electrons. The summed E-state index contributed by atoms with van der Waals surface area (Å²) >= 11 is 0. The van der Waals surface area contributed by atoms with E-state index in [2.05, 4.69) is 22.9 Å². The molecule has 0 amide bonds. The van der Waals surface area contributed by atoms with E-state index in [0.29, 0.717) is 18.8 Å². The quantitative estimate of drug-likeness (QED) is 0.0136. The van der Waals surface area contributed by atoms with Crippen LogP contribution in [0.2, 0.25) is 0 Å². The molecule has 0 aromatic rings. The number of carbonyl (C=O) groups is 2. The Balaban J connectivity index is 4.94. The lowest BCUT2D eigenvalue weighted by Crippen LogP contribution is -2.30. The molecule has 16 nitrogen and oxygen atoms in total. The summed E-state index contributed by atoms with van der Waals surface area (Å²) in [7, 11) is -9.80. The molecule has 6 atom stereocenters. The molecule has 0 aromatic carbocycles. The fourth-order valence-electron chi connectivity index (χ4n) is 4.64. The number of rotatable bonds is 34. The van der Waals surface area contributed by atoms with Crippen LogP contribution in [0.4, 0.5) is 0 Å². The van der Waals surface area contributed by atoms with Gasteiger partial charge in [0.1, 0.15) is 12.7 Å². The van der Waals surface area contributed by atoms with Crippen molar-refractivity contribution < 1.29 is 76.9 Å². The van der Waals surface area contributed by atoms with E-state index in [1.165, 1.54) is 18.9 Å². The van der Waals surface area contributed by atoms with Crippen LogP contribution in [-0.2, 0) is 41.8 Å². The number of phosphoric acid groups is 2. The second-order valence-corrected chi connectivity index (χ2v) is 16.2. The Bertz CT molecular complexity index is 1290. The lowest BCUT2D eigenvalue weighted by molar-refractivity contribution is -0.161. The highest BCUT2D eigenvalue weighted by Crippen LogP contribution is 2.43. The van der Waals surface area contributed by atoms with E-state index in [0.717, 1.165) is 32.1 Å². The standard InChI is InChI=1S/C38H66O16P2/c1-4-5-14-21-32(39)22-16-11-7-8-12-17-23-35(41)36(42)24-19-26-38(44)54-34(29-50-37(43)25-18-13-9-6-10-15-20-31(2)3)30-53-56(48,49)52-28-33(40)27-51-55(45,46)47/h5,7-8,11-12,14,16-17,22-23,31-36,39-42H,4,6,9-10,13,15,18-21,24-30H2,1-3H3,(H,48,49)(H2,45,46,47)/b11-7+,12-8-,14-5-,22-16+,23-17-/t32-,33-,34+,35+,36+/m0/s1. The fourth-order valence-corrected chi connectivity index (χ4v) is 5.79. The van der Waals surface area contributed by atoms with Gasteiger partial charge in [-0.25, -0.2) is 9.13 Å². The first kappa shape index (κ1) is 53.7. The van der Waals surface area contributed by atoms with Crippen molar-refractivity contribution in [2.45, 2.75) is 135 Å². The van der Waals surface area contributed by atoms with Crippen molar-refractivity contribution >= 4 is 27.6 Å². The van der Waals surface area contributed by atoms with Crippen LogP contribution >= 0.6 is 15.6 Å². The highest BCUT2D eigenvalue weighted by atomic mass is 31.2. The Hall–Kier alpha value is -2.30. The van der Waals surface area contributed by atoms with Crippen molar-refractivity contribution in [3.63, 3.8) is 0 Å². The minimum atomic E-state index is -4.90. The average Bonchev–Trinajstić information content (AvgIpc) is 3.12. The van der Waals surface area contributed by atoms with E-state index < -0.39 is 84.5 Å². The molecule has 0 rings (SSSR count). The van der Waals surface area contributed by atoms with Gasteiger partial charge in [-0.05, 0) is 38.0 Å². The summed E-state index contributed by atoms with van der Waals surface area (Å²) in [5.74, 6) is -0.708. The number of aliphatic hydroxyl groups excluding tert-OH is 4. The first-order valence-electron chi connectivity index (χ1n) is 19.2. The number of carbonyl (C=O) groups excluding carboxylic acids is 2. The van der Waals surface area contributed by atoms with Gasteiger partial charge in [0.05, 0.1) is 38.1 Å². The molecule has 56 heavy (non-hydrogen) atoms. The summed E-state index contributed by atoms with van der Waals surface area (Å²) in [6, 6.07) is 0. The Morgan fingerprint density at radius 1 is 0.643 bits per heavy atom. The fraction of sp³-hybridized carbons (Fsp3) is 0.684. The van der Waals surface area contributed by atoms with E-state index >= 15 is 0 Å². The van der Waals surface area contributed by atoms with Crippen molar-refractivity contribution in [1.29, 1.82) is 0 Å². The molecular formula is C38H66O16P2. The summed E-state index contributed by atoms with van der Waals surface area (Å²) in [4.78, 5) is 52.4. The van der Waals surface area contributed by atoms with Gasteiger partial charge in [-0.3, -0.25) is 23.2 Å². The zero-order valence-corrected chi connectivity index (χ0v) is 34.7. The minimum absolute atomic E-state index is 0.0202. The van der Waals surface area contributed by atoms with Crippen molar-refractivity contribution in [3.8, 4) is 0 Å². The lowest BCUT2D eigenvalue weighted by atomic mass is 10.0. The van der Waals surface area contributed by atoms with Crippen LogP contribution in [0.1, 0.15) is 104 Å². The van der Waals surface area contributed by atoms with Gasteiger partial charge in [0, 0.05) is 12.8 Å². The molecule has 7 N–H and O–H groups in total. The molecule has 0 bridgehead atoms. The molecule has 324 valence electrons. The third-order valence-electron chi connectivity index (χ3n) is 7.68. The summed E-state index contributed by atoms with van der Waals surface area (Å²) in [5, 5.41) is 40.1. The van der Waals surface area contributed by atoms with Crippen LogP contribution in [0.5, 0.6) is 0 Å². The van der Waals surface area contributed by atoms with Gasteiger partial charge in [0.15, 0.2) is 6.10 Å². The van der Waals surface area contributed by atoms with Crippen LogP contribution in [0, 0.1) is 5.92 Å². The zero-order valence-electron chi connectivity index (χ0n) is 33.0. The predicted molar refractivity (Wildman–Crippen MR) is 211 cm³/mol. The van der Waals surface area contributed by atoms with Crippen LogP contribution < -0.4 is 0 Å². The maximum atomic E-state index is 12.6. The molecule has 0 aliphatic rings. The molecule has 0 aliphatic carbocycles. The van der Waals surface area contributed by atoms with Crippen molar-refractivity contribution in [2.75, 3.05) is 26.4 Å². The van der Waals surface area contributed by atoms with Crippen LogP contribution in [0.15, 0.2) is 60.8 Å². The number of hydrogen-bond donors (Lipinski definition) is 7. The van der Waals surface area contributed by atoms with Crippen LogP contribution in [-0.4, -0.2) is 104 Å². The summed E-state index contributed by atoms with van der Waals surface area (Å²) < 4.78 is 47.3. The smallest absolute Gasteiger partial charge is 0.462 e.